The van der Waals surface area contributed by atoms with Gasteiger partial charge in [-0.25, -0.2) is 0 Å². The van der Waals surface area contributed by atoms with E-state index >= 15 is 0 Å². The maximum Gasteiger partial charge on any atom is 0.0719 e. The van der Waals surface area contributed by atoms with Crippen molar-refractivity contribution >= 4 is 11.8 Å². The fraction of sp³-hybridized carbons (Fsp3) is 0.727. The van der Waals surface area contributed by atoms with E-state index in [1.165, 1.54) is 5.69 Å². The van der Waals surface area contributed by atoms with Crippen molar-refractivity contribution in [1.29, 1.82) is 0 Å². The van der Waals surface area contributed by atoms with Crippen molar-refractivity contribution in [3.63, 3.8) is 0 Å². The number of rotatable bonds is 7. The van der Waals surface area contributed by atoms with Crippen LogP contribution in [0.3, 0.4) is 0 Å². The molecule has 1 aromatic heterocycles. The summed E-state index contributed by atoms with van der Waals surface area (Å²) in [6, 6.07) is 2.22. The molecule has 0 aliphatic rings. The van der Waals surface area contributed by atoms with Gasteiger partial charge in [-0.15, -0.1) is 0 Å². The number of hydrogen-bond donors (Lipinski definition) is 2. The number of nitrogens with zero attached hydrogens (tertiary/aromatic N) is 2. The lowest BCUT2D eigenvalue weighted by Gasteiger charge is -2.18. The minimum atomic E-state index is 0.182. The number of aromatic nitrogens is 2. The summed E-state index contributed by atoms with van der Waals surface area (Å²) in [5.74, 6) is 6.59. The highest BCUT2D eigenvalue weighted by molar-refractivity contribution is 7.99. The van der Waals surface area contributed by atoms with E-state index in [0.717, 1.165) is 18.7 Å². The maximum atomic E-state index is 5.61. The first-order chi connectivity index (χ1) is 7.69. The van der Waals surface area contributed by atoms with Crippen molar-refractivity contribution in [2.45, 2.75) is 45.0 Å². The minimum Gasteiger partial charge on any atom is -0.271 e. The van der Waals surface area contributed by atoms with Gasteiger partial charge in [0.2, 0.25) is 0 Å². The molecule has 0 saturated carbocycles. The average Bonchev–Trinajstić information content (AvgIpc) is 2.68. The highest BCUT2D eigenvalue weighted by atomic mass is 32.2. The topological polar surface area (TPSA) is 55.9 Å². The van der Waals surface area contributed by atoms with Crippen LogP contribution in [0.2, 0.25) is 0 Å². The summed E-state index contributed by atoms with van der Waals surface area (Å²) in [6.45, 7) is 7.50. The summed E-state index contributed by atoms with van der Waals surface area (Å²) in [7, 11) is 0. The summed E-state index contributed by atoms with van der Waals surface area (Å²) >= 11 is 1.91. The first-order valence-corrected chi connectivity index (χ1v) is 6.83. The molecule has 3 N–H and O–H groups in total. The van der Waals surface area contributed by atoms with Crippen molar-refractivity contribution in [3.05, 3.63) is 18.0 Å². The summed E-state index contributed by atoms with van der Waals surface area (Å²) in [6.07, 6.45) is 2.93. The van der Waals surface area contributed by atoms with Gasteiger partial charge in [-0.1, -0.05) is 20.8 Å². The minimum absolute atomic E-state index is 0.182. The molecule has 0 spiro atoms. The Kier molecular flexibility index (Phi) is 5.87. The third kappa shape index (κ3) is 3.81. The second-order valence-electron chi connectivity index (χ2n) is 4.08. The molecule has 0 aliphatic carbocycles. The number of hydrazine groups is 1. The van der Waals surface area contributed by atoms with E-state index in [2.05, 4.69) is 31.3 Å². The lowest BCUT2D eigenvalue weighted by molar-refractivity contribution is 0.508. The van der Waals surface area contributed by atoms with Crippen LogP contribution in [0.1, 0.15) is 38.9 Å². The quantitative estimate of drug-likeness (QED) is 0.567. The molecule has 0 bridgehead atoms. The Morgan fingerprint density at radius 3 is 2.88 bits per heavy atom. The van der Waals surface area contributed by atoms with E-state index in [-0.39, 0.29) is 6.04 Å². The van der Waals surface area contributed by atoms with Gasteiger partial charge in [-0.2, -0.15) is 16.9 Å². The predicted octanol–water partition coefficient (Wildman–Crippen LogP) is 1.94. The zero-order chi connectivity index (χ0) is 12.0. The van der Waals surface area contributed by atoms with Gasteiger partial charge in [-0.3, -0.25) is 16.0 Å². The molecule has 1 atom stereocenters. The molecule has 4 nitrogen and oxygen atoms in total. The normalized spacial score (nSPS) is 13.3. The molecule has 92 valence electrons. The van der Waals surface area contributed by atoms with Gasteiger partial charge in [-0.05, 0) is 17.7 Å². The monoisotopic (exact) mass is 242 g/mol. The molecule has 0 fully saturated rings. The van der Waals surface area contributed by atoms with E-state index in [4.69, 9.17) is 5.84 Å². The van der Waals surface area contributed by atoms with Crippen LogP contribution in [0, 0.1) is 0 Å². The lowest BCUT2D eigenvalue weighted by atomic mass is 10.2. The second-order valence-corrected chi connectivity index (χ2v) is 5.69. The highest BCUT2D eigenvalue weighted by Crippen LogP contribution is 2.20. The molecular weight excluding hydrogens is 220 g/mol. The molecule has 1 heterocycles. The largest absolute Gasteiger partial charge is 0.271 e. The third-order valence-corrected chi connectivity index (χ3v) is 3.53. The zero-order valence-electron chi connectivity index (χ0n) is 10.3. The first-order valence-electron chi connectivity index (χ1n) is 5.78. The fourth-order valence-corrected chi connectivity index (χ4v) is 2.39. The van der Waals surface area contributed by atoms with Crippen molar-refractivity contribution in [1.82, 2.24) is 15.2 Å². The molecule has 0 amide bonds. The van der Waals surface area contributed by atoms with Gasteiger partial charge in [0.1, 0.15) is 0 Å². The lowest BCUT2D eigenvalue weighted by Crippen LogP contribution is -2.32. The Hall–Kier alpha value is -0.520. The van der Waals surface area contributed by atoms with E-state index in [1.54, 1.807) is 0 Å². The number of nitrogens with one attached hydrogen (secondary N) is 1. The Morgan fingerprint density at radius 1 is 1.56 bits per heavy atom. The molecule has 16 heavy (non-hydrogen) atoms. The van der Waals surface area contributed by atoms with E-state index in [0.29, 0.717) is 5.25 Å². The molecule has 5 heteroatoms. The van der Waals surface area contributed by atoms with Crippen molar-refractivity contribution in [3.8, 4) is 0 Å². The van der Waals surface area contributed by atoms with Crippen LogP contribution >= 0.6 is 11.8 Å². The molecular formula is C11H22N4S. The average molecular weight is 242 g/mol. The van der Waals surface area contributed by atoms with Crippen LogP contribution in [0.5, 0.6) is 0 Å². The summed E-state index contributed by atoms with van der Waals surface area (Å²) in [5.41, 5.74) is 4.06. The molecule has 0 aliphatic heterocycles. The molecule has 0 saturated heterocycles. The van der Waals surface area contributed by atoms with Gasteiger partial charge in [0.15, 0.2) is 0 Å². The number of hydrogen-bond acceptors (Lipinski definition) is 4. The van der Waals surface area contributed by atoms with E-state index in [1.807, 2.05) is 28.7 Å². The van der Waals surface area contributed by atoms with Crippen LogP contribution in [0.25, 0.3) is 0 Å². The SMILES string of the molecule is CCCn1nccc1C(CSC(C)C)NN. The van der Waals surface area contributed by atoms with Crippen LogP contribution < -0.4 is 11.3 Å². The van der Waals surface area contributed by atoms with Crippen LogP contribution in [-0.2, 0) is 6.54 Å². The fourth-order valence-electron chi connectivity index (χ4n) is 1.55. The van der Waals surface area contributed by atoms with E-state index < -0.39 is 0 Å². The van der Waals surface area contributed by atoms with Gasteiger partial charge in [0.25, 0.3) is 0 Å². The molecule has 1 unspecified atom stereocenters. The number of nitrogens with two attached hydrogens (primary N) is 1. The maximum absolute atomic E-state index is 5.61. The summed E-state index contributed by atoms with van der Waals surface area (Å²) in [5, 5.41) is 4.94. The predicted molar refractivity (Wildman–Crippen MR) is 70.2 cm³/mol. The van der Waals surface area contributed by atoms with Gasteiger partial charge < -0.3 is 0 Å². The molecule has 0 radical (unpaired) electrons. The Balaban J connectivity index is 2.66. The summed E-state index contributed by atoms with van der Waals surface area (Å²) < 4.78 is 2.03. The Morgan fingerprint density at radius 2 is 2.31 bits per heavy atom. The highest BCUT2D eigenvalue weighted by Gasteiger charge is 2.14. The first kappa shape index (κ1) is 13.5. The van der Waals surface area contributed by atoms with Crippen LogP contribution in [0.4, 0.5) is 0 Å². The second kappa shape index (κ2) is 6.93. The van der Waals surface area contributed by atoms with Crippen molar-refractivity contribution in [2.75, 3.05) is 5.75 Å². The third-order valence-electron chi connectivity index (χ3n) is 2.34. The standard InChI is InChI=1S/C11H22N4S/c1-4-7-15-11(5-6-13-15)10(14-12)8-16-9(2)3/h5-6,9-10,14H,4,7-8,12H2,1-3H3. The van der Waals surface area contributed by atoms with Crippen LogP contribution in [-0.4, -0.2) is 20.8 Å². The molecule has 1 aromatic rings. The van der Waals surface area contributed by atoms with Gasteiger partial charge >= 0.3 is 0 Å². The van der Waals surface area contributed by atoms with Crippen LogP contribution in [0.15, 0.2) is 12.3 Å². The van der Waals surface area contributed by atoms with Gasteiger partial charge in [0, 0.05) is 18.5 Å². The van der Waals surface area contributed by atoms with Crippen molar-refractivity contribution < 1.29 is 0 Å². The Bertz CT molecular complexity index is 298. The Labute approximate surface area is 102 Å². The van der Waals surface area contributed by atoms with E-state index in [9.17, 15) is 0 Å². The molecule has 1 rings (SSSR count). The number of thioether (sulfide) groups is 1. The number of aryl methyl sites for hydroxylation is 1. The zero-order valence-corrected chi connectivity index (χ0v) is 11.1. The summed E-state index contributed by atoms with van der Waals surface area (Å²) in [4.78, 5) is 0. The molecule has 0 aromatic carbocycles. The smallest absolute Gasteiger partial charge is 0.0719 e. The van der Waals surface area contributed by atoms with Crippen molar-refractivity contribution in [2.24, 2.45) is 5.84 Å². The van der Waals surface area contributed by atoms with Gasteiger partial charge in [0.05, 0.1) is 11.7 Å².